The van der Waals surface area contributed by atoms with Crippen LogP contribution in [0.15, 0.2) is 22.7 Å². The quantitative estimate of drug-likeness (QED) is 0.704. The Kier molecular flexibility index (Phi) is 2.61. The summed E-state index contributed by atoms with van der Waals surface area (Å²) in [6.45, 7) is 0. The van der Waals surface area contributed by atoms with E-state index in [0.717, 1.165) is 0 Å². The molecule has 0 saturated heterocycles. The van der Waals surface area contributed by atoms with Crippen molar-refractivity contribution in [3.8, 4) is 6.07 Å². The molecule has 1 aromatic carbocycles. The smallest absolute Gasteiger partial charge is 0.128 e. The van der Waals surface area contributed by atoms with Gasteiger partial charge in [-0.05, 0) is 12.1 Å². The lowest BCUT2D eigenvalue weighted by atomic mass is 10.1. The minimum Gasteiger partial charge on any atom is -0.207 e. The van der Waals surface area contributed by atoms with Crippen LogP contribution in [0.4, 0.5) is 4.39 Å². The van der Waals surface area contributed by atoms with Crippen LogP contribution in [0.2, 0.25) is 0 Å². The van der Waals surface area contributed by atoms with E-state index in [1.54, 1.807) is 12.1 Å². The monoisotopic (exact) mass is 213 g/mol. The molecule has 0 aliphatic carbocycles. The Morgan fingerprint density at radius 3 is 2.82 bits per heavy atom. The van der Waals surface area contributed by atoms with Gasteiger partial charge in [-0.1, -0.05) is 22.0 Å². The highest BCUT2D eigenvalue weighted by molar-refractivity contribution is 9.10. The van der Waals surface area contributed by atoms with Gasteiger partial charge in [0.15, 0.2) is 0 Å². The molecule has 0 atom stereocenters. The van der Waals surface area contributed by atoms with Crippen molar-refractivity contribution in [2.24, 2.45) is 0 Å². The predicted molar refractivity (Wildman–Crippen MR) is 43.4 cm³/mol. The summed E-state index contributed by atoms with van der Waals surface area (Å²) in [7, 11) is 0. The van der Waals surface area contributed by atoms with Crippen molar-refractivity contribution >= 4 is 15.9 Å². The second-order valence-electron chi connectivity index (χ2n) is 2.04. The van der Waals surface area contributed by atoms with Gasteiger partial charge in [0, 0.05) is 10.0 Å². The molecule has 1 rings (SSSR count). The van der Waals surface area contributed by atoms with E-state index in [1.165, 1.54) is 6.07 Å². The van der Waals surface area contributed by atoms with Gasteiger partial charge in [-0.2, -0.15) is 5.26 Å². The minimum atomic E-state index is -0.332. The van der Waals surface area contributed by atoms with Crippen LogP contribution in [-0.2, 0) is 6.42 Å². The summed E-state index contributed by atoms with van der Waals surface area (Å²) in [6.07, 6.45) is 0.104. The molecule has 0 saturated carbocycles. The molecule has 0 heterocycles. The summed E-state index contributed by atoms with van der Waals surface area (Å²) >= 11 is 3.16. The summed E-state index contributed by atoms with van der Waals surface area (Å²) in [5, 5.41) is 8.33. The standard InChI is InChI=1S/C8H5BrFN/c9-7-2-1-3-8(10)6(7)4-5-11/h1-3H,4H2. The van der Waals surface area contributed by atoms with E-state index in [-0.39, 0.29) is 12.2 Å². The van der Waals surface area contributed by atoms with Gasteiger partial charge in [0.2, 0.25) is 0 Å². The highest BCUT2D eigenvalue weighted by Crippen LogP contribution is 2.19. The molecule has 0 radical (unpaired) electrons. The van der Waals surface area contributed by atoms with Crippen LogP contribution in [0.3, 0.4) is 0 Å². The third-order valence-electron chi connectivity index (χ3n) is 1.32. The summed E-state index contributed by atoms with van der Waals surface area (Å²) in [5.41, 5.74) is 0.426. The largest absolute Gasteiger partial charge is 0.207 e. The Morgan fingerprint density at radius 1 is 1.55 bits per heavy atom. The average Bonchev–Trinajstić information content (AvgIpc) is 1.97. The third-order valence-corrected chi connectivity index (χ3v) is 2.06. The summed E-state index contributed by atoms with van der Waals surface area (Å²) in [5.74, 6) is -0.332. The highest BCUT2D eigenvalue weighted by atomic mass is 79.9. The molecule has 0 aliphatic heterocycles. The summed E-state index contributed by atoms with van der Waals surface area (Å²) in [6, 6.07) is 6.56. The first kappa shape index (κ1) is 8.22. The summed E-state index contributed by atoms with van der Waals surface area (Å²) in [4.78, 5) is 0. The van der Waals surface area contributed by atoms with E-state index >= 15 is 0 Å². The van der Waals surface area contributed by atoms with Crippen LogP contribution in [-0.4, -0.2) is 0 Å². The molecule has 0 unspecified atom stereocenters. The fourth-order valence-corrected chi connectivity index (χ4v) is 1.26. The maximum atomic E-state index is 12.9. The van der Waals surface area contributed by atoms with Crippen molar-refractivity contribution in [3.63, 3.8) is 0 Å². The summed E-state index contributed by atoms with van der Waals surface area (Å²) < 4.78 is 13.5. The molecule has 0 bridgehead atoms. The maximum absolute atomic E-state index is 12.9. The van der Waals surface area contributed by atoms with Crippen molar-refractivity contribution in [3.05, 3.63) is 34.1 Å². The van der Waals surface area contributed by atoms with Gasteiger partial charge < -0.3 is 0 Å². The van der Waals surface area contributed by atoms with E-state index in [2.05, 4.69) is 15.9 Å². The van der Waals surface area contributed by atoms with Gasteiger partial charge >= 0.3 is 0 Å². The number of rotatable bonds is 1. The molecule has 0 amide bonds. The fraction of sp³-hybridized carbons (Fsp3) is 0.125. The van der Waals surface area contributed by atoms with E-state index in [9.17, 15) is 4.39 Å². The van der Waals surface area contributed by atoms with Crippen molar-refractivity contribution in [1.29, 1.82) is 5.26 Å². The zero-order chi connectivity index (χ0) is 8.27. The zero-order valence-electron chi connectivity index (χ0n) is 5.64. The van der Waals surface area contributed by atoms with Gasteiger partial charge in [0.1, 0.15) is 5.82 Å². The molecule has 56 valence electrons. The van der Waals surface area contributed by atoms with Crippen molar-refractivity contribution in [2.75, 3.05) is 0 Å². The number of hydrogen-bond acceptors (Lipinski definition) is 1. The van der Waals surface area contributed by atoms with Crippen molar-refractivity contribution in [2.45, 2.75) is 6.42 Å². The van der Waals surface area contributed by atoms with Crippen molar-refractivity contribution in [1.82, 2.24) is 0 Å². The second-order valence-corrected chi connectivity index (χ2v) is 2.89. The Hall–Kier alpha value is -0.880. The molecule has 1 aromatic rings. The van der Waals surface area contributed by atoms with Crippen LogP contribution in [0.1, 0.15) is 5.56 Å². The molecule has 0 aliphatic rings. The van der Waals surface area contributed by atoms with E-state index < -0.39 is 0 Å². The van der Waals surface area contributed by atoms with E-state index in [1.807, 2.05) is 6.07 Å². The minimum absolute atomic E-state index is 0.104. The normalized spacial score (nSPS) is 9.18. The first-order chi connectivity index (χ1) is 5.25. The van der Waals surface area contributed by atoms with E-state index in [4.69, 9.17) is 5.26 Å². The number of hydrogen-bond donors (Lipinski definition) is 0. The fourth-order valence-electron chi connectivity index (χ4n) is 0.780. The molecular formula is C8H5BrFN. The molecule has 0 aromatic heterocycles. The highest BCUT2D eigenvalue weighted by Gasteiger charge is 2.04. The molecule has 11 heavy (non-hydrogen) atoms. The van der Waals surface area contributed by atoms with Gasteiger partial charge in [-0.3, -0.25) is 0 Å². The Bertz CT molecular complexity index is 283. The molecule has 0 spiro atoms. The molecule has 3 heteroatoms. The zero-order valence-corrected chi connectivity index (χ0v) is 7.23. The van der Waals surface area contributed by atoms with E-state index in [0.29, 0.717) is 10.0 Å². The van der Waals surface area contributed by atoms with Gasteiger partial charge in [-0.25, -0.2) is 4.39 Å². The first-order valence-electron chi connectivity index (χ1n) is 3.05. The van der Waals surface area contributed by atoms with Crippen LogP contribution in [0.5, 0.6) is 0 Å². The number of nitrogens with zero attached hydrogens (tertiary/aromatic N) is 1. The molecule has 0 fully saturated rings. The van der Waals surface area contributed by atoms with Gasteiger partial charge in [0.05, 0.1) is 12.5 Å². The predicted octanol–water partition coefficient (Wildman–Crippen LogP) is 2.65. The SMILES string of the molecule is N#CCc1c(F)cccc1Br. The van der Waals surface area contributed by atoms with Gasteiger partial charge in [0.25, 0.3) is 0 Å². The lowest BCUT2D eigenvalue weighted by molar-refractivity contribution is 0.614. The third kappa shape index (κ3) is 1.78. The Balaban J connectivity index is 3.12. The molecule has 1 nitrogen and oxygen atoms in total. The maximum Gasteiger partial charge on any atom is 0.128 e. The lowest BCUT2D eigenvalue weighted by Gasteiger charge is -1.99. The lowest BCUT2D eigenvalue weighted by Crippen LogP contribution is -1.88. The Labute approximate surface area is 72.6 Å². The van der Waals surface area contributed by atoms with Crippen molar-refractivity contribution < 1.29 is 4.39 Å². The Morgan fingerprint density at radius 2 is 2.27 bits per heavy atom. The average molecular weight is 214 g/mol. The van der Waals surface area contributed by atoms with Crippen LogP contribution in [0.25, 0.3) is 0 Å². The van der Waals surface area contributed by atoms with Crippen LogP contribution >= 0.6 is 15.9 Å². The first-order valence-corrected chi connectivity index (χ1v) is 3.85. The molecule has 0 N–H and O–H groups in total. The van der Waals surface area contributed by atoms with Crippen LogP contribution < -0.4 is 0 Å². The van der Waals surface area contributed by atoms with Crippen LogP contribution in [0, 0.1) is 17.1 Å². The second kappa shape index (κ2) is 3.49. The number of benzene rings is 1. The topological polar surface area (TPSA) is 23.8 Å². The number of halogens is 2. The van der Waals surface area contributed by atoms with Gasteiger partial charge in [-0.15, -0.1) is 0 Å². The molecular weight excluding hydrogens is 209 g/mol. The number of nitriles is 1.